The van der Waals surface area contributed by atoms with Gasteiger partial charge < -0.3 is 10.0 Å². The number of aliphatic hydroxyl groups is 1. The maximum Gasteiger partial charge on any atom is 0.135 e. The zero-order valence-electron chi connectivity index (χ0n) is 15.1. The van der Waals surface area contributed by atoms with E-state index in [1.165, 1.54) is 9.75 Å². The van der Waals surface area contributed by atoms with E-state index in [9.17, 15) is 5.26 Å². The minimum atomic E-state index is 0.139. The number of thiophene rings is 2. The normalized spacial score (nSPS) is 11.7. The van der Waals surface area contributed by atoms with Crippen molar-refractivity contribution in [3.8, 4) is 15.8 Å². The molecule has 0 aliphatic rings. The summed E-state index contributed by atoms with van der Waals surface area (Å²) in [6.45, 7) is 0.756. The van der Waals surface area contributed by atoms with Crippen LogP contribution >= 0.6 is 34.0 Å². The first-order chi connectivity index (χ1) is 13.7. The minimum Gasteiger partial charge on any atom is -0.395 e. The third-order valence-corrected chi connectivity index (χ3v) is 7.70. The van der Waals surface area contributed by atoms with E-state index in [-0.39, 0.29) is 6.61 Å². The number of likely N-dealkylation sites (N-methyl/N-ethyl adjacent to an activating group) is 1. The number of aromatic nitrogens is 1. The number of allylic oxidation sites excluding steroid dienone is 1. The lowest BCUT2D eigenvalue weighted by atomic mass is 10.2. The van der Waals surface area contributed by atoms with Crippen LogP contribution in [0.3, 0.4) is 0 Å². The molecule has 0 aliphatic heterocycles. The summed E-state index contributed by atoms with van der Waals surface area (Å²) in [4.78, 5) is 10.0. The summed E-state index contributed by atoms with van der Waals surface area (Å²) in [6, 6.07) is 18.5. The standard InChI is InChI=1S/C21H17N3OS3/c1-24(10-11-25)20-9-8-19(27-20)18-7-6-15(26-18)12-14(13-22)21-23-16-4-2-3-5-17(16)28-21/h2-9,12,25H,10-11H2,1H3/b14-12+. The lowest BCUT2D eigenvalue weighted by Crippen LogP contribution is -2.19. The molecule has 0 unspecified atom stereocenters. The van der Waals surface area contributed by atoms with E-state index >= 15 is 0 Å². The van der Waals surface area contributed by atoms with E-state index in [0.717, 1.165) is 25.1 Å². The summed E-state index contributed by atoms with van der Waals surface area (Å²) in [7, 11) is 1.98. The fourth-order valence-electron chi connectivity index (χ4n) is 2.76. The van der Waals surface area contributed by atoms with Crippen molar-refractivity contribution >= 4 is 60.9 Å². The zero-order chi connectivity index (χ0) is 19.5. The van der Waals surface area contributed by atoms with Crippen LogP contribution in [0.25, 0.3) is 31.6 Å². The maximum atomic E-state index is 9.63. The first-order valence-electron chi connectivity index (χ1n) is 8.67. The molecule has 4 nitrogen and oxygen atoms in total. The highest BCUT2D eigenvalue weighted by atomic mass is 32.1. The third kappa shape index (κ3) is 3.86. The Kier molecular flexibility index (Phi) is 5.55. The smallest absolute Gasteiger partial charge is 0.135 e. The van der Waals surface area contributed by atoms with Gasteiger partial charge in [-0.1, -0.05) is 12.1 Å². The molecule has 0 saturated carbocycles. The fraction of sp³-hybridized carbons (Fsp3) is 0.143. The molecule has 0 fully saturated rings. The Morgan fingerprint density at radius 3 is 2.68 bits per heavy atom. The van der Waals surface area contributed by atoms with Crippen molar-refractivity contribution in [2.24, 2.45) is 0 Å². The third-order valence-electron chi connectivity index (χ3n) is 4.20. The molecular weight excluding hydrogens is 406 g/mol. The van der Waals surface area contributed by atoms with Gasteiger partial charge in [0.2, 0.25) is 0 Å². The zero-order valence-corrected chi connectivity index (χ0v) is 17.6. The Morgan fingerprint density at radius 2 is 1.89 bits per heavy atom. The van der Waals surface area contributed by atoms with Gasteiger partial charge in [-0.3, -0.25) is 0 Å². The number of thiazole rings is 1. The van der Waals surface area contributed by atoms with E-state index in [2.05, 4.69) is 29.3 Å². The minimum absolute atomic E-state index is 0.139. The average Bonchev–Trinajstić information content (AvgIpc) is 3.44. The van der Waals surface area contributed by atoms with Gasteiger partial charge >= 0.3 is 0 Å². The van der Waals surface area contributed by atoms with Gasteiger partial charge in [0.1, 0.15) is 11.1 Å². The number of hydrogen-bond donors (Lipinski definition) is 1. The van der Waals surface area contributed by atoms with Gasteiger partial charge in [0.05, 0.1) is 27.4 Å². The Morgan fingerprint density at radius 1 is 1.11 bits per heavy atom. The number of fused-ring (bicyclic) bond motifs is 1. The first kappa shape index (κ1) is 18.8. The Bertz CT molecular complexity index is 1150. The van der Waals surface area contributed by atoms with Crippen LogP contribution in [0.2, 0.25) is 0 Å². The Labute approximate surface area is 175 Å². The molecule has 7 heteroatoms. The summed E-state index contributed by atoms with van der Waals surface area (Å²) < 4.78 is 1.09. The van der Waals surface area contributed by atoms with Gasteiger partial charge in [0, 0.05) is 28.2 Å². The van der Waals surface area contributed by atoms with E-state index in [1.807, 2.05) is 48.4 Å². The molecule has 4 rings (SSSR count). The van der Waals surface area contributed by atoms with Crippen molar-refractivity contribution in [2.45, 2.75) is 0 Å². The van der Waals surface area contributed by atoms with Crippen LogP contribution in [0.5, 0.6) is 0 Å². The van der Waals surface area contributed by atoms with E-state index < -0.39 is 0 Å². The van der Waals surface area contributed by atoms with Crippen LogP contribution in [0, 0.1) is 11.3 Å². The molecule has 1 N–H and O–H groups in total. The predicted molar refractivity (Wildman–Crippen MR) is 121 cm³/mol. The van der Waals surface area contributed by atoms with Crippen molar-refractivity contribution in [1.29, 1.82) is 5.26 Å². The van der Waals surface area contributed by atoms with E-state index in [4.69, 9.17) is 5.11 Å². The second-order valence-corrected chi connectivity index (χ2v) is 9.35. The molecule has 0 atom stereocenters. The molecule has 28 heavy (non-hydrogen) atoms. The number of nitrogens with zero attached hydrogens (tertiary/aromatic N) is 3. The van der Waals surface area contributed by atoms with Crippen LogP contribution in [0.15, 0.2) is 48.5 Å². The number of anilines is 1. The number of nitriles is 1. The average molecular weight is 424 g/mol. The number of rotatable bonds is 6. The first-order valence-corrected chi connectivity index (χ1v) is 11.1. The molecule has 3 aromatic heterocycles. The molecule has 0 aliphatic carbocycles. The van der Waals surface area contributed by atoms with Gasteiger partial charge in [-0.15, -0.1) is 34.0 Å². The summed E-state index contributed by atoms with van der Waals surface area (Å²) >= 11 is 4.90. The molecule has 0 spiro atoms. The highest BCUT2D eigenvalue weighted by Crippen LogP contribution is 2.38. The number of aliphatic hydroxyl groups excluding tert-OH is 1. The maximum absolute atomic E-state index is 9.63. The van der Waals surface area contributed by atoms with Crippen molar-refractivity contribution in [3.05, 3.63) is 58.4 Å². The summed E-state index contributed by atoms with van der Waals surface area (Å²) in [6.07, 6.45) is 1.91. The van der Waals surface area contributed by atoms with Crippen molar-refractivity contribution in [3.63, 3.8) is 0 Å². The molecule has 0 amide bonds. The van der Waals surface area contributed by atoms with Gasteiger partial charge in [-0.2, -0.15) is 5.26 Å². The highest BCUT2D eigenvalue weighted by Gasteiger charge is 2.11. The number of para-hydroxylation sites is 1. The van der Waals surface area contributed by atoms with E-state index in [1.54, 1.807) is 34.0 Å². The van der Waals surface area contributed by atoms with E-state index in [0.29, 0.717) is 12.1 Å². The molecule has 3 heterocycles. The monoisotopic (exact) mass is 423 g/mol. The number of hydrogen-bond acceptors (Lipinski definition) is 7. The quantitative estimate of drug-likeness (QED) is 0.411. The van der Waals surface area contributed by atoms with Crippen molar-refractivity contribution in [1.82, 2.24) is 4.98 Å². The van der Waals surface area contributed by atoms with Crippen LogP contribution in [-0.2, 0) is 0 Å². The van der Waals surface area contributed by atoms with Gasteiger partial charge in [0.15, 0.2) is 0 Å². The number of benzene rings is 1. The molecule has 4 aromatic rings. The molecular formula is C21H17N3OS3. The summed E-state index contributed by atoms with van der Waals surface area (Å²) in [5.74, 6) is 0. The molecule has 1 aromatic carbocycles. The summed E-state index contributed by atoms with van der Waals surface area (Å²) in [5.41, 5.74) is 1.51. The van der Waals surface area contributed by atoms with Crippen molar-refractivity contribution < 1.29 is 5.11 Å². The van der Waals surface area contributed by atoms with Crippen LogP contribution in [-0.4, -0.2) is 30.3 Å². The second-order valence-electron chi connectivity index (χ2n) is 6.14. The van der Waals surface area contributed by atoms with Crippen LogP contribution < -0.4 is 4.90 Å². The molecule has 0 saturated heterocycles. The molecule has 140 valence electrons. The fourth-order valence-corrected chi connectivity index (χ4v) is 5.73. The summed E-state index contributed by atoms with van der Waals surface area (Å²) in [5, 5.41) is 20.6. The highest BCUT2D eigenvalue weighted by molar-refractivity contribution is 7.24. The SMILES string of the molecule is CN(CCO)c1ccc(-c2ccc(/C=C(\C#N)c3nc4ccccc4s3)s2)s1. The van der Waals surface area contributed by atoms with Gasteiger partial charge in [0.25, 0.3) is 0 Å². The topological polar surface area (TPSA) is 60.1 Å². The lowest BCUT2D eigenvalue weighted by molar-refractivity contribution is 0.304. The molecule has 0 radical (unpaired) electrons. The largest absolute Gasteiger partial charge is 0.395 e. The Balaban J connectivity index is 1.60. The van der Waals surface area contributed by atoms with Crippen LogP contribution in [0.1, 0.15) is 9.88 Å². The predicted octanol–water partition coefficient (Wildman–Crippen LogP) is 5.58. The Hall–Kier alpha value is -2.50. The lowest BCUT2D eigenvalue weighted by Gasteiger charge is -2.14. The van der Waals surface area contributed by atoms with Crippen molar-refractivity contribution in [2.75, 3.05) is 25.1 Å². The second kappa shape index (κ2) is 8.25. The molecule has 0 bridgehead atoms. The van der Waals surface area contributed by atoms with Gasteiger partial charge in [-0.05, 0) is 42.5 Å². The van der Waals surface area contributed by atoms with Gasteiger partial charge in [-0.25, -0.2) is 4.98 Å². The van der Waals surface area contributed by atoms with Crippen LogP contribution in [0.4, 0.5) is 5.00 Å².